The van der Waals surface area contributed by atoms with Crippen LogP contribution in [-0.4, -0.2) is 11.7 Å². The topological polar surface area (TPSA) is 29.5 Å². The number of aliphatic hydroxyl groups excluding tert-OH is 1. The molecule has 1 aliphatic carbocycles. The number of hydrogen-bond donors (Lipinski definition) is 1. The molecule has 1 unspecified atom stereocenters. The molecule has 1 N–H and O–H groups in total. The number of halogens is 1. The first-order valence-corrected chi connectivity index (χ1v) is 7.12. The van der Waals surface area contributed by atoms with Gasteiger partial charge in [-0.2, -0.15) is 0 Å². The van der Waals surface area contributed by atoms with Crippen molar-refractivity contribution in [2.24, 2.45) is 5.92 Å². The fraction of sp³-hybridized carbons (Fsp3) is 0.571. The van der Waals surface area contributed by atoms with Crippen molar-refractivity contribution in [1.29, 1.82) is 0 Å². The summed E-state index contributed by atoms with van der Waals surface area (Å²) in [7, 11) is 0. The lowest BCUT2D eigenvalue weighted by molar-refractivity contribution is 0.0620. The van der Waals surface area contributed by atoms with E-state index in [9.17, 15) is 5.11 Å². The van der Waals surface area contributed by atoms with E-state index in [-0.39, 0.29) is 6.10 Å². The molecule has 0 spiro atoms. The first kappa shape index (κ1) is 12.9. The number of rotatable bonds is 5. The molecule has 1 saturated carbocycles. The van der Waals surface area contributed by atoms with E-state index in [0.717, 1.165) is 41.7 Å². The fourth-order valence-corrected chi connectivity index (χ4v) is 2.57. The van der Waals surface area contributed by atoms with Crippen molar-refractivity contribution >= 4 is 15.9 Å². The normalized spacial score (nSPS) is 17.6. The minimum Gasteiger partial charge on any atom is -0.492 e. The molecular weight excluding hydrogens is 280 g/mol. The lowest BCUT2D eigenvalue weighted by Gasteiger charge is -2.30. The molecular formula is C14H19BrO2. The summed E-state index contributed by atoms with van der Waals surface area (Å²) in [6.07, 6.45) is 4.22. The van der Waals surface area contributed by atoms with Gasteiger partial charge in [0.25, 0.3) is 0 Å². The van der Waals surface area contributed by atoms with Gasteiger partial charge in [-0.15, -0.1) is 0 Å². The van der Waals surface area contributed by atoms with E-state index >= 15 is 0 Å². The van der Waals surface area contributed by atoms with Gasteiger partial charge in [0.1, 0.15) is 5.75 Å². The van der Waals surface area contributed by atoms with E-state index in [4.69, 9.17) is 4.74 Å². The Bertz CT molecular complexity index is 374. The maximum Gasteiger partial charge on any atom is 0.133 e. The molecule has 1 aliphatic rings. The predicted octanol–water partition coefficient (Wildman–Crippen LogP) is 4.07. The van der Waals surface area contributed by atoms with Gasteiger partial charge in [0.05, 0.1) is 17.2 Å². The summed E-state index contributed by atoms with van der Waals surface area (Å²) in [6, 6.07) is 5.89. The average Bonchev–Trinajstić information content (AvgIpc) is 2.25. The van der Waals surface area contributed by atoms with Crippen LogP contribution in [0.25, 0.3) is 0 Å². The molecule has 0 heterocycles. The van der Waals surface area contributed by atoms with Crippen molar-refractivity contribution < 1.29 is 9.84 Å². The number of aliphatic hydroxyl groups is 1. The summed E-state index contributed by atoms with van der Waals surface area (Å²) < 4.78 is 6.53. The Morgan fingerprint density at radius 1 is 1.47 bits per heavy atom. The molecule has 1 aromatic rings. The third-order valence-corrected chi connectivity index (χ3v) is 3.98. The SMILES string of the molecule is CCCOc1ccc(C(O)C2CCC2)cc1Br. The number of ether oxygens (including phenoxy) is 1. The first-order valence-electron chi connectivity index (χ1n) is 6.32. The minimum absolute atomic E-state index is 0.319. The Labute approximate surface area is 111 Å². The molecule has 2 rings (SSSR count). The van der Waals surface area contributed by atoms with Crippen molar-refractivity contribution in [3.05, 3.63) is 28.2 Å². The van der Waals surface area contributed by atoms with E-state index in [1.54, 1.807) is 0 Å². The first-order chi connectivity index (χ1) is 8.22. The molecule has 0 saturated heterocycles. The smallest absolute Gasteiger partial charge is 0.133 e. The fourth-order valence-electron chi connectivity index (χ4n) is 2.06. The molecule has 1 aromatic carbocycles. The van der Waals surface area contributed by atoms with Crippen molar-refractivity contribution in [3.8, 4) is 5.75 Å². The standard InChI is InChI=1S/C14H19BrO2/c1-2-8-17-13-7-6-11(9-12(13)15)14(16)10-4-3-5-10/h6-7,9-10,14,16H,2-5,8H2,1H3. The van der Waals surface area contributed by atoms with Crippen LogP contribution in [0, 0.1) is 5.92 Å². The van der Waals surface area contributed by atoms with Gasteiger partial charge in [0.15, 0.2) is 0 Å². The highest BCUT2D eigenvalue weighted by molar-refractivity contribution is 9.10. The zero-order valence-corrected chi connectivity index (χ0v) is 11.7. The van der Waals surface area contributed by atoms with E-state index < -0.39 is 0 Å². The quantitative estimate of drug-likeness (QED) is 0.888. The maximum absolute atomic E-state index is 10.2. The lowest BCUT2D eigenvalue weighted by atomic mass is 9.79. The second-order valence-corrected chi connectivity index (χ2v) is 5.53. The predicted molar refractivity (Wildman–Crippen MR) is 72.2 cm³/mol. The summed E-state index contributed by atoms with van der Waals surface area (Å²) in [5.74, 6) is 1.31. The van der Waals surface area contributed by atoms with Crippen molar-refractivity contribution in [2.45, 2.75) is 38.7 Å². The van der Waals surface area contributed by atoms with Gasteiger partial charge in [-0.3, -0.25) is 0 Å². The Hall–Kier alpha value is -0.540. The van der Waals surface area contributed by atoms with Crippen LogP contribution in [0.5, 0.6) is 5.75 Å². The zero-order chi connectivity index (χ0) is 12.3. The summed E-state index contributed by atoms with van der Waals surface area (Å²) >= 11 is 3.50. The van der Waals surface area contributed by atoms with E-state index in [2.05, 4.69) is 22.9 Å². The highest BCUT2D eigenvalue weighted by atomic mass is 79.9. The van der Waals surface area contributed by atoms with Gasteiger partial charge in [0.2, 0.25) is 0 Å². The Morgan fingerprint density at radius 3 is 2.76 bits per heavy atom. The van der Waals surface area contributed by atoms with E-state index in [0.29, 0.717) is 5.92 Å². The average molecular weight is 299 g/mol. The summed E-state index contributed by atoms with van der Waals surface area (Å²) in [6.45, 7) is 2.81. The molecule has 94 valence electrons. The van der Waals surface area contributed by atoms with Crippen molar-refractivity contribution in [2.75, 3.05) is 6.61 Å². The largest absolute Gasteiger partial charge is 0.492 e. The van der Waals surface area contributed by atoms with Gasteiger partial charge in [-0.1, -0.05) is 19.4 Å². The molecule has 0 aliphatic heterocycles. The van der Waals surface area contributed by atoms with Gasteiger partial charge in [-0.05, 0) is 58.8 Å². The van der Waals surface area contributed by atoms with E-state index in [1.165, 1.54) is 6.42 Å². The van der Waals surface area contributed by atoms with Crippen LogP contribution in [0.1, 0.15) is 44.3 Å². The van der Waals surface area contributed by atoms with Crippen LogP contribution in [0.15, 0.2) is 22.7 Å². The maximum atomic E-state index is 10.2. The van der Waals surface area contributed by atoms with Gasteiger partial charge in [-0.25, -0.2) is 0 Å². The molecule has 17 heavy (non-hydrogen) atoms. The highest BCUT2D eigenvalue weighted by Crippen LogP contribution is 2.39. The summed E-state index contributed by atoms with van der Waals surface area (Å²) in [4.78, 5) is 0. The second kappa shape index (κ2) is 5.87. The molecule has 1 fully saturated rings. The monoisotopic (exact) mass is 298 g/mol. The number of benzene rings is 1. The Morgan fingerprint density at radius 2 is 2.24 bits per heavy atom. The number of hydrogen-bond acceptors (Lipinski definition) is 2. The van der Waals surface area contributed by atoms with Crippen LogP contribution in [0.2, 0.25) is 0 Å². The molecule has 0 aromatic heterocycles. The van der Waals surface area contributed by atoms with Crippen molar-refractivity contribution in [1.82, 2.24) is 0 Å². The van der Waals surface area contributed by atoms with Gasteiger partial charge >= 0.3 is 0 Å². The third-order valence-electron chi connectivity index (χ3n) is 3.36. The Kier molecular flexibility index (Phi) is 4.46. The van der Waals surface area contributed by atoms with E-state index in [1.807, 2.05) is 18.2 Å². The summed E-state index contributed by atoms with van der Waals surface area (Å²) in [5, 5.41) is 10.2. The zero-order valence-electron chi connectivity index (χ0n) is 10.2. The van der Waals surface area contributed by atoms with Gasteiger partial charge < -0.3 is 9.84 Å². The highest BCUT2D eigenvalue weighted by Gasteiger charge is 2.26. The summed E-state index contributed by atoms with van der Waals surface area (Å²) in [5.41, 5.74) is 0.991. The third kappa shape index (κ3) is 3.02. The van der Waals surface area contributed by atoms with Crippen LogP contribution < -0.4 is 4.74 Å². The second-order valence-electron chi connectivity index (χ2n) is 4.67. The minimum atomic E-state index is -0.319. The van der Waals surface area contributed by atoms with Crippen LogP contribution in [0.4, 0.5) is 0 Å². The van der Waals surface area contributed by atoms with Gasteiger partial charge in [0, 0.05) is 0 Å². The van der Waals surface area contributed by atoms with Crippen LogP contribution >= 0.6 is 15.9 Å². The molecule has 2 nitrogen and oxygen atoms in total. The molecule has 0 radical (unpaired) electrons. The van der Waals surface area contributed by atoms with Crippen molar-refractivity contribution in [3.63, 3.8) is 0 Å². The van der Waals surface area contributed by atoms with Crippen LogP contribution in [-0.2, 0) is 0 Å². The lowest BCUT2D eigenvalue weighted by Crippen LogP contribution is -2.19. The molecule has 0 amide bonds. The molecule has 3 heteroatoms. The molecule has 0 bridgehead atoms. The van der Waals surface area contributed by atoms with Crippen LogP contribution in [0.3, 0.4) is 0 Å². The Balaban J connectivity index is 2.06. The molecule has 1 atom stereocenters.